The zero-order valence-electron chi connectivity index (χ0n) is 19.4. The van der Waals surface area contributed by atoms with Gasteiger partial charge in [0.05, 0.1) is 7.11 Å². The van der Waals surface area contributed by atoms with Gasteiger partial charge in [0, 0.05) is 6.42 Å². The van der Waals surface area contributed by atoms with Crippen molar-refractivity contribution in [3.05, 3.63) is 70.8 Å². The molecule has 3 heteroatoms. The maximum absolute atomic E-state index is 11.3. The summed E-state index contributed by atoms with van der Waals surface area (Å²) in [5.74, 6) is 1.58. The lowest BCUT2D eigenvalue weighted by Crippen LogP contribution is -2.07. The van der Waals surface area contributed by atoms with Crippen LogP contribution in [-0.2, 0) is 16.0 Å². The van der Waals surface area contributed by atoms with Crippen molar-refractivity contribution < 1.29 is 14.3 Å². The summed E-state index contributed by atoms with van der Waals surface area (Å²) in [5, 5.41) is 0. The predicted molar refractivity (Wildman–Crippen MR) is 130 cm³/mol. The van der Waals surface area contributed by atoms with Crippen molar-refractivity contribution in [1.82, 2.24) is 0 Å². The molecule has 170 valence electrons. The Morgan fingerprint density at radius 3 is 2.31 bits per heavy atom. The van der Waals surface area contributed by atoms with E-state index >= 15 is 0 Å². The summed E-state index contributed by atoms with van der Waals surface area (Å²) in [4.78, 5) is 11.3. The molecule has 2 aromatic rings. The maximum atomic E-state index is 11.3. The number of carbonyl (C=O) groups excluding carboxylic acids is 1. The Morgan fingerprint density at radius 1 is 0.906 bits per heavy atom. The van der Waals surface area contributed by atoms with Crippen LogP contribution in [-0.4, -0.2) is 19.7 Å². The summed E-state index contributed by atoms with van der Waals surface area (Å²) in [6.45, 7) is 0.668. The Labute approximate surface area is 192 Å². The Hall–Kier alpha value is -2.55. The molecule has 2 aliphatic rings. The van der Waals surface area contributed by atoms with E-state index in [1.165, 1.54) is 73.5 Å². The second kappa shape index (κ2) is 11.4. The Morgan fingerprint density at radius 2 is 1.62 bits per heavy atom. The molecule has 0 saturated heterocycles. The van der Waals surface area contributed by atoms with Crippen LogP contribution in [0.25, 0.3) is 5.57 Å². The summed E-state index contributed by atoms with van der Waals surface area (Å²) < 4.78 is 11.0. The van der Waals surface area contributed by atoms with Crippen molar-refractivity contribution in [1.29, 1.82) is 0 Å². The van der Waals surface area contributed by atoms with Gasteiger partial charge in [-0.15, -0.1) is 0 Å². The fraction of sp³-hybridized carbons (Fsp3) is 0.483. The SMILES string of the molecule is COC(=O)CCCc1ccc(OC/C2=C(\c3ccc(C4CC4)cc3)CCCCCC2)cc1. The molecule has 0 aromatic heterocycles. The summed E-state index contributed by atoms with van der Waals surface area (Å²) in [5.41, 5.74) is 7.08. The minimum absolute atomic E-state index is 0.143. The number of hydrogen-bond acceptors (Lipinski definition) is 3. The third-order valence-corrected chi connectivity index (χ3v) is 6.80. The molecule has 0 spiro atoms. The van der Waals surface area contributed by atoms with E-state index in [1.54, 1.807) is 0 Å². The highest BCUT2D eigenvalue weighted by molar-refractivity contribution is 5.69. The second-order valence-corrected chi connectivity index (χ2v) is 9.25. The summed E-state index contributed by atoms with van der Waals surface area (Å²) in [6.07, 6.45) is 12.3. The lowest BCUT2D eigenvalue weighted by molar-refractivity contribution is -0.140. The number of carbonyl (C=O) groups is 1. The highest BCUT2D eigenvalue weighted by Gasteiger charge is 2.23. The second-order valence-electron chi connectivity index (χ2n) is 9.25. The first kappa shape index (κ1) is 22.6. The fourth-order valence-electron chi connectivity index (χ4n) is 4.66. The molecule has 0 N–H and O–H groups in total. The molecule has 32 heavy (non-hydrogen) atoms. The highest BCUT2D eigenvalue weighted by Crippen LogP contribution is 2.40. The van der Waals surface area contributed by atoms with Crippen molar-refractivity contribution >= 4 is 11.5 Å². The number of aryl methyl sites for hydroxylation is 1. The van der Waals surface area contributed by atoms with Gasteiger partial charge < -0.3 is 9.47 Å². The van der Waals surface area contributed by atoms with E-state index in [9.17, 15) is 4.79 Å². The van der Waals surface area contributed by atoms with Gasteiger partial charge in [-0.05, 0) is 97.3 Å². The fourth-order valence-corrected chi connectivity index (χ4v) is 4.66. The molecule has 0 bridgehead atoms. The summed E-state index contributed by atoms with van der Waals surface area (Å²) in [7, 11) is 1.44. The Bertz CT molecular complexity index is 904. The van der Waals surface area contributed by atoms with Gasteiger partial charge in [0.1, 0.15) is 12.4 Å². The molecule has 0 heterocycles. The van der Waals surface area contributed by atoms with Crippen molar-refractivity contribution in [3.63, 3.8) is 0 Å². The van der Waals surface area contributed by atoms with Crippen LogP contribution in [0.1, 0.15) is 86.8 Å². The van der Waals surface area contributed by atoms with Crippen LogP contribution in [0.15, 0.2) is 54.1 Å². The number of methoxy groups -OCH3 is 1. The Kier molecular flexibility index (Phi) is 8.03. The normalized spacial score (nSPS) is 19.2. The summed E-state index contributed by atoms with van der Waals surface area (Å²) in [6, 6.07) is 17.7. The van der Waals surface area contributed by atoms with E-state index in [2.05, 4.69) is 48.5 Å². The van der Waals surface area contributed by atoms with Gasteiger partial charge in [0.2, 0.25) is 0 Å². The van der Waals surface area contributed by atoms with E-state index in [-0.39, 0.29) is 5.97 Å². The first-order valence-electron chi connectivity index (χ1n) is 12.3. The average Bonchev–Trinajstić information content (AvgIpc) is 3.65. The van der Waals surface area contributed by atoms with Crippen molar-refractivity contribution in [2.75, 3.05) is 13.7 Å². The molecule has 2 aliphatic carbocycles. The number of hydrogen-bond donors (Lipinski definition) is 0. The maximum Gasteiger partial charge on any atom is 0.305 e. The quantitative estimate of drug-likeness (QED) is 0.392. The van der Waals surface area contributed by atoms with Crippen molar-refractivity contribution in [3.8, 4) is 5.75 Å². The van der Waals surface area contributed by atoms with Gasteiger partial charge in [-0.1, -0.05) is 49.2 Å². The van der Waals surface area contributed by atoms with Crippen molar-refractivity contribution in [2.24, 2.45) is 0 Å². The molecule has 4 rings (SSSR count). The molecule has 0 amide bonds. The van der Waals surface area contributed by atoms with Gasteiger partial charge in [0.15, 0.2) is 0 Å². The number of rotatable bonds is 9. The molecule has 1 saturated carbocycles. The van der Waals surface area contributed by atoms with Crippen LogP contribution in [0.4, 0.5) is 0 Å². The molecular weight excluding hydrogens is 396 g/mol. The van der Waals surface area contributed by atoms with E-state index in [0.717, 1.165) is 37.4 Å². The highest BCUT2D eigenvalue weighted by atomic mass is 16.5. The zero-order chi connectivity index (χ0) is 22.2. The van der Waals surface area contributed by atoms with Crippen LogP contribution >= 0.6 is 0 Å². The van der Waals surface area contributed by atoms with Crippen LogP contribution in [0.3, 0.4) is 0 Å². The standard InChI is InChI=1S/C29H36O3/c1-31-29(30)10-6-7-22-11-19-27(20-12-22)32-21-26-8-4-2-3-5-9-28(26)25-17-15-24(16-18-25)23-13-14-23/h11-12,15-20,23H,2-10,13-14,21H2,1H3/b28-26-. The molecule has 0 unspecified atom stereocenters. The predicted octanol–water partition coefficient (Wildman–Crippen LogP) is 7.25. The van der Waals surface area contributed by atoms with Gasteiger partial charge >= 0.3 is 5.97 Å². The summed E-state index contributed by atoms with van der Waals surface area (Å²) >= 11 is 0. The molecular formula is C29H36O3. The third kappa shape index (κ3) is 6.48. The van der Waals surface area contributed by atoms with Crippen LogP contribution < -0.4 is 4.74 Å². The monoisotopic (exact) mass is 432 g/mol. The smallest absolute Gasteiger partial charge is 0.305 e. The van der Waals surface area contributed by atoms with Crippen molar-refractivity contribution in [2.45, 2.75) is 76.5 Å². The van der Waals surface area contributed by atoms with Gasteiger partial charge in [0.25, 0.3) is 0 Å². The molecule has 0 aliphatic heterocycles. The van der Waals surface area contributed by atoms with E-state index < -0.39 is 0 Å². The average molecular weight is 433 g/mol. The molecule has 3 nitrogen and oxygen atoms in total. The lowest BCUT2D eigenvalue weighted by atomic mass is 9.89. The zero-order valence-corrected chi connectivity index (χ0v) is 19.4. The molecule has 1 fully saturated rings. The van der Waals surface area contributed by atoms with E-state index in [0.29, 0.717) is 13.0 Å². The van der Waals surface area contributed by atoms with Crippen LogP contribution in [0.5, 0.6) is 5.75 Å². The Balaban J connectivity index is 1.40. The number of benzene rings is 2. The number of esters is 1. The third-order valence-electron chi connectivity index (χ3n) is 6.80. The minimum atomic E-state index is -0.143. The van der Waals surface area contributed by atoms with E-state index in [1.807, 2.05) is 0 Å². The van der Waals surface area contributed by atoms with Crippen LogP contribution in [0.2, 0.25) is 0 Å². The minimum Gasteiger partial charge on any atom is -0.489 e. The van der Waals surface area contributed by atoms with Crippen LogP contribution in [0, 0.1) is 0 Å². The van der Waals surface area contributed by atoms with E-state index in [4.69, 9.17) is 9.47 Å². The number of ether oxygens (including phenoxy) is 2. The first-order valence-corrected chi connectivity index (χ1v) is 12.3. The number of allylic oxidation sites excluding steroid dienone is 1. The van der Waals surface area contributed by atoms with Gasteiger partial charge in [-0.3, -0.25) is 4.79 Å². The van der Waals surface area contributed by atoms with Gasteiger partial charge in [-0.2, -0.15) is 0 Å². The largest absolute Gasteiger partial charge is 0.489 e. The first-order chi connectivity index (χ1) is 15.7. The molecule has 0 atom stereocenters. The molecule has 0 radical (unpaired) electrons. The molecule has 2 aromatic carbocycles. The lowest BCUT2D eigenvalue weighted by Gasteiger charge is -2.20. The topological polar surface area (TPSA) is 35.5 Å². The van der Waals surface area contributed by atoms with Gasteiger partial charge in [-0.25, -0.2) is 0 Å².